The van der Waals surface area contributed by atoms with Crippen molar-refractivity contribution < 1.29 is 4.79 Å². The van der Waals surface area contributed by atoms with Crippen LogP contribution in [-0.4, -0.2) is 26.8 Å². The Bertz CT molecular complexity index is 1100. The highest BCUT2D eigenvalue weighted by Crippen LogP contribution is 2.29. The number of rotatable bonds is 6. The van der Waals surface area contributed by atoms with E-state index < -0.39 is 0 Å². The number of carbonyl (C=O) groups excluding carboxylic acids is 1. The largest absolute Gasteiger partial charge is 0.352 e. The fourth-order valence-corrected chi connectivity index (χ4v) is 4.00. The molecule has 4 aromatic heterocycles. The van der Waals surface area contributed by atoms with E-state index in [1.807, 2.05) is 47.0 Å². The number of fused-ring (bicyclic) bond motifs is 1. The summed E-state index contributed by atoms with van der Waals surface area (Å²) in [5, 5.41) is 6.20. The van der Waals surface area contributed by atoms with Gasteiger partial charge in [-0.1, -0.05) is 19.9 Å². The van der Waals surface area contributed by atoms with Crippen molar-refractivity contribution in [2.45, 2.75) is 26.2 Å². The first-order valence-electron chi connectivity index (χ1n) is 9.36. The minimum Gasteiger partial charge on any atom is -0.352 e. The topological polar surface area (TPSA) is 59.3 Å². The molecule has 0 aliphatic rings. The molecule has 0 unspecified atom stereocenters. The smallest absolute Gasteiger partial charge is 0.253 e. The highest BCUT2D eigenvalue weighted by molar-refractivity contribution is 7.10. The monoisotopic (exact) mass is 390 g/mol. The van der Waals surface area contributed by atoms with E-state index in [2.05, 4.69) is 29.5 Å². The van der Waals surface area contributed by atoms with E-state index in [1.165, 1.54) is 0 Å². The first-order valence-corrected chi connectivity index (χ1v) is 10.2. The van der Waals surface area contributed by atoms with Crippen LogP contribution < -0.4 is 5.32 Å². The van der Waals surface area contributed by atoms with Crippen molar-refractivity contribution in [1.82, 2.24) is 19.7 Å². The highest BCUT2D eigenvalue weighted by atomic mass is 32.1. The van der Waals surface area contributed by atoms with Gasteiger partial charge in [0.05, 0.1) is 27.5 Å². The van der Waals surface area contributed by atoms with Gasteiger partial charge >= 0.3 is 0 Å². The van der Waals surface area contributed by atoms with Crippen LogP contribution in [0.4, 0.5) is 0 Å². The van der Waals surface area contributed by atoms with Crippen molar-refractivity contribution >= 4 is 22.8 Å². The van der Waals surface area contributed by atoms with Gasteiger partial charge in [-0.25, -0.2) is 4.98 Å². The summed E-state index contributed by atoms with van der Waals surface area (Å²) in [6, 6.07) is 11.8. The predicted octanol–water partition coefficient (Wildman–Crippen LogP) is 4.55. The Kier molecular flexibility index (Phi) is 5.21. The molecule has 0 fully saturated rings. The van der Waals surface area contributed by atoms with E-state index in [4.69, 9.17) is 4.98 Å². The molecule has 0 spiro atoms. The zero-order valence-corrected chi connectivity index (χ0v) is 16.7. The lowest BCUT2D eigenvalue weighted by Crippen LogP contribution is -2.25. The zero-order chi connectivity index (χ0) is 19.5. The lowest BCUT2D eigenvalue weighted by molar-refractivity contribution is 0.0956. The van der Waals surface area contributed by atoms with E-state index in [0.717, 1.165) is 33.9 Å². The molecule has 4 aromatic rings. The number of hydrogen-bond acceptors (Lipinski definition) is 4. The van der Waals surface area contributed by atoms with Gasteiger partial charge in [0.1, 0.15) is 0 Å². The van der Waals surface area contributed by atoms with E-state index in [9.17, 15) is 4.79 Å². The molecule has 0 bridgehead atoms. The second-order valence-electron chi connectivity index (χ2n) is 6.99. The number of amides is 1. The van der Waals surface area contributed by atoms with Gasteiger partial charge in [0, 0.05) is 36.4 Å². The van der Waals surface area contributed by atoms with Crippen molar-refractivity contribution in [3.63, 3.8) is 0 Å². The summed E-state index contributed by atoms with van der Waals surface area (Å²) in [6.07, 6.45) is 6.29. The van der Waals surface area contributed by atoms with Crippen molar-refractivity contribution in [2.75, 3.05) is 6.54 Å². The molecule has 5 nitrogen and oxygen atoms in total. The van der Waals surface area contributed by atoms with E-state index >= 15 is 0 Å². The first kappa shape index (κ1) is 18.4. The predicted molar refractivity (Wildman–Crippen MR) is 113 cm³/mol. The molecule has 1 N–H and O–H groups in total. The van der Waals surface area contributed by atoms with Crippen LogP contribution >= 0.6 is 11.3 Å². The number of aromatic nitrogens is 3. The Morgan fingerprint density at radius 2 is 2.04 bits per heavy atom. The van der Waals surface area contributed by atoms with Gasteiger partial charge < -0.3 is 9.72 Å². The summed E-state index contributed by atoms with van der Waals surface area (Å²) in [5.74, 6) is 0.323. The molecule has 0 aliphatic heterocycles. The summed E-state index contributed by atoms with van der Waals surface area (Å²) >= 11 is 1.66. The van der Waals surface area contributed by atoms with Crippen LogP contribution in [0.3, 0.4) is 0 Å². The van der Waals surface area contributed by atoms with Crippen molar-refractivity contribution in [2.24, 2.45) is 0 Å². The van der Waals surface area contributed by atoms with Gasteiger partial charge in [0.2, 0.25) is 0 Å². The molecule has 6 heteroatoms. The third-order valence-corrected chi connectivity index (χ3v) is 5.79. The average molecular weight is 391 g/mol. The molecular formula is C22H22N4OS. The molecule has 0 aliphatic carbocycles. The fourth-order valence-electron chi connectivity index (χ4n) is 3.17. The maximum Gasteiger partial charge on any atom is 0.253 e. The second kappa shape index (κ2) is 7.94. The molecule has 1 amide bonds. The number of thiazole rings is 1. The molecule has 0 aromatic carbocycles. The quantitative estimate of drug-likeness (QED) is 0.525. The van der Waals surface area contributed by atoms with Crippen molar-refractivity contribution in [3.8, 4) is 11.4 Å². The molecule has 28 heavy (non-hydrogen) atoms. The SMILES string of the molecule is CC(C)c1nc(-c2cc(C(=O)NCCc3ccncc3)c3ccccn23)cs1. The third kappa shape index (κ3) is 3.68. The first-order chi connectivity index (χ1) is 13.6. The average Bonchev–Trinajstić information content (AvgIpc) is 3.34. The van der Waals surface area contributed by atoms with Crippen LogP contribution in [0.2, 0.25) is 0 Å². The number of pyridine rings is 2. The summed E-state index contributed by atoms with van der Waals surface area (Å²) in [5.41, 5.74) is 4.56. The Morgan fingerprint density at radius 3 is 2.79 bits per heavy atom. The molecule has 0 atom stereocenters. The minimum atomic E-state index is -0.0664. The van der Waals surface area contributed by atoms with Crippen molar-refractivity contribution in [1.29, 1.82) is 0 Å². The summed E-state index contributed by atoms with van der Waals surface area (Å²) in [7, 11) is 0. The number of carbonyl (C=O) groups is 1. The Hall–Kier alpha value is -2.99. The summed E-state index contributed by atoms with van der Waals surface area (Å²) in [4.78, 5) is 21.6. The van der Waals surface area contributed by atoms with Crippen LogP contribution in [0.15, 0.2) is 60.4 Å². The third-order valence-electron chi connectivity index (χ3n) is 4.65. The van der Waals surface area contributed by atoms with Crippen LogP contribution in [0, 0.1) is 0 Å². The standard InChI is InChI=1S/C22H22N4OS/c1-15(2)22-25-18(14-28-22)20-13-17(19-5-3-4-12-26(19)20)21(27)24-11-8-16-6-9-23-10-7-16/h3-7,9-10,12-15H,8,11H2,1-2H3,(H,24,27). The van der Waals surface area contributed by atoms with Crippen LogP contribution in [-0.2, 0) is 6.42 Å². The van der Waals surface area contributed by atoms with Gasteiger partial charge in [-0.05, 0) is 42.3 Å². The minimum absolute atomic E-state index is 0.0664. The molecular weight excluding hydrogens is 368 g/mol. The van der Waals surface area contributed by atoms with E-state index in [0.29, 0.717) is 18.0 Å². The maximum absolute atomic E-state index is 12.9. The normalized spacial score (nSPS) is 11.2. The van der Waals surface area contributed by atoms with E-state index in [1.54, 1.807) is 23.7 Å². The van der Waals surface area contributed by atoms with E-state index in [-0.39, 0.29) is 5.91 Å². The van der Waals surface area contributed by atoms with Crippen LogP contribution in [0.25, 0.3) is 16.9 Å². The number of nitrogens with one attached hydrogen (secondary N) is 1. The van der Waals surface area contributed by atoms with Crippen molar-refractivity contribution in [3.05, 3.63) is 76.5 Å². The molecule has 142 valence electrons. The molecule has 0 radical (unpaired) electrons. The molecule has 4 rings (SSSR count). The van der Waals surface area contributed by atoms with Gasteiger partial charge in [0.15, 0.2) is 0 Å². The van der Waals surface area contributed by atoms with Gasteiger partial charge in [0.25, 0.3) is 5.91 Å². The number of hydrogen-bond donors (Lipinski definition) is 1. The number of nitrogens with zero attached hydrogens (tertiary/aromatic N) is 3. The van der Waals surface area contributed by atoms with Gasteiger partial charge in [-0.2, -0.15) is 0 Å². The van der Waals surface area contributed by atoms with Gasteiger partial charge in [-0.3, -0.25) is 9.78 Å². The summed E-state index contributed by atoms with van der Waals surface area (Å²) in [6.45, 7) is 4.86. The van der Waals surface area contributed by atoms with Gasteiger partial charge in [-0.15, -0.1) is 11.3 Å². The second-order valence-corrected chi connectivity index (χ2v) is 7.88. The lowest BCUT2D eigenvalue weighted by atomic mass is 10.2. The Labute approximate surface area is 168 Å². The summed E-state index contributed by atoms with van der Waals surface area (Å²) < 4.78 is 2.04. The molecule has 0 saturated carbocycles. The van der Waals surface area contributed by atoms with Crippen LogP contribution in [0.1, 0.15) is 40.7 Å². The molecule has 0 saturated heterocycles. The lowest BCUT2D eigenvalue weighted by Gasteiger charge is -2.04. The fraction of sp³-hybridized carbons (Fsp3) is 0.227. The highest BCUT2D eigenvalue weighted by Gasteiger charge is 2.18. The Balaban J connectivity index is 1.59. The Morgan fingerprint density at radius 1 is 1.21 bits per heavy atom. The zero-order valence-electron chi connectivity index (χ0n) is 15.9. The molecule has 4 heterocycles. The maximum atomic E-state index is 12.9. The van der Waals surface area contributed by atoms with Crippen LogP contribution in [0.5, 0.6) is 0 Å².